The largest absolute Gasteiger partial charge is 0.573 e. The highest BCUT2D eigenvalue weighted by atomic mass is 19.4. The summed E-state index contributed by atoms with van der Waals surface area (Å²) in [5.41, 5.74) is 1.76. The van der Waals surface area contributed by atoms with Crippen molar-refractivity contribution in [3.63, 3.8) is 0 Å². The van der Waals surface area contributed by atoms with Crippen molar-refractivity contribution in [2.45, 2.75) is 38.8 Å². The first kappa shape index (κ1) is 22.3. The Bertz CT molecular complexity index is 1030. The number of alkyl halides is 3. The number of carbonyl (C=O) groups is 1. The zero-order valence-corrected chi connectivity index (χ0v) is 17.3. The number of amides is 1. The zero-order chi connectivity index (χ0) is 22.6. The molecule has 7 heteroatoms. The van der Waals surface area contributed by atoms with Gasteiger partial charge in [0.2, 0.25) is 0 Å². The molecular weight excluding hydrogens is 407 g/mol. The average Bonchev–Trinajstić information content (AvgIpc) is 2.66. The molecule has 0 radical (unpaired) electrons. The molecule has 2 aromatic rings. The second kappa shape index (κ2) is 8.76. The van der Waals surface area contributed by atoms with Crippen molar-refractivity contribution in [1.29, 1.82) is 0 Å². The number of hydrogen-bond donors (Lipinski definition) is 1. The Morgan fingerprint density at radius 1 is 1.03 bits per heavy atom. The molecule has 0 aliphatic heterocycles. The van der Waals surface area contributed by atoms with Gasteiger partial charge in [0.15, 0.2) is 0 Å². The smallest absolute Gasteiger partial charge is 0.444 e. The van der Waals surface area contributed by atoms with E-state index in [1.807, 2.05) is 36.4 Å². The number of halogens is 3. The van der Waals surface area contributed by atoms with Crippen molar-refractivity contribution >= 4 is 12.2 Å². The van der Waals surface area contributed by atoms with Gasteiger partial charge in [-0.3, -0.25) is 0 Å². The van der Waals surface area contributed by atoms with Gasteiger partial charge in [-0.25, -0.2) is 4.79 Å². The summed E-state index contributed by atoms with van der Waals surface area (Å²) in [5.74, 6) is 5.39. The molecule has 1 aliphatic rings. The summed E-state index contributed by atoms with van der Waals surface area (Å²) < 4.78 is 46.2. The quantitative estimate of drug-likeness (QED) is 0.610. The molecule has 0 aromatic heterocycles. The Morgan fingerprint density at radius 3 is 2.35 bits per heavy atom. The molecule has 4 nitrogen and oxygen atoms in total. The fourth-order valence-corrected chi connectivity index (χ4v) is 3.10. The van der Waals surface area contributed by atoms with Gasteiger partial charge in [-0.05, 0) is 56.2 Å². The molecule has 0 fully saturated rings. The van der Waals surface area contributed by atoms with Gasteiger partial charge in [0.05, 0.1) is 12.0 Å². The summed E-state index contributed by atoms with van der Waals surface area (Å²) in [4.78, 5) is 12.4. The molecule has 3 rings (SSSR count). The van der Waals surface area contributed by atoms with Crippen LogP contribution in [-0.4, -0.2) is 18.1 Å². The molecule has 0 bridgehead atoms. The van der Waals surface area contributed by atoms with E-state index in [-0.39, 0.29) is 11.7 Å². The summed E-state index contributed by atoms with van der Waals surface area (Å²) in [6.45, 7) is 5.35. The number of nitrogens with one attached hydrogen (secondary N) is 1. The van der Waals surface area contributed by atoms with Gasteiger partial charge in [-0.2, -0.15) is 0 Å². The maximum absolute atomic E-state index is 12.4. The van der Waals surface area contributed by atoms with Crippen molar-refractivity contribution < 1.29 is 27.4 Å². The van der Waals surface area contributed by atoms with E-state index in [1.165, 1.54) is 24.3 Å². The van der Waals surface area contributed by atoms with Crippen LogP contribution in [0, 0.1) is 17.8 Å². The lowest BCUT2D eigenvalue weighted by Crippen LogP contribution is -2.38. The molecule has 0 unspecified atom stereocenters. The molecular formula is C24H22F3NO3. The first-order chi connectivity index (χ1) is 14.5. The minimum absolute atomic E-state index is 0.311. The van der Waals surface area contributed by atoms with E-state index in [2.05, 4.69) is 21.9 Å². The van der Waals surface area contributed by atoms with E-state index in [1.54, 1.807) is 20.8 Å². The first-order valence-electron chi connectivity index (χ1n) is 9.64. The van der Waals surface area contributed by atoms with E-state index < -0.39 is 24.1 Å². The van der Waals surface area contributed by atoms with E-state index in [4.69, 9.17) is 4.74 Å². The predicted molar refractivity (Wildman–Crippen MR) is 111 cm³/mol. The van der Waals surface area contributed by atoms with Gasteiger partial charge in [0, 0.05) is 5.56 Å². The van der Waals surface area contributed by atoms with Crippen LogP contribution in [0.15, 0.2) is 54.6 Å². The highest BCUT2D eigenvalue weighted by Crippen LogP contribution is 2.32. The summed E-state index contributed by atoms with van der Waals surface area (Å²) in [5, 5.41) is 2.89. The Morgan fingerprint density at radius 2 is 1.71 bits per heavy atom. The second-order valence-corrected chi connectivity index (χ2v) is 7.98. The van der Waals surface area contributed by atoms with Gasteiger partial charge in [0.25, 0.3) is 0 Å². The summed E-state index contributed by atoms with van der Waals surface area (Å²) in [6.07, 6.45) is -1.47. The molecule has 2 atom stereocenters. The lowest BCUT2D eigenvalue weighted by atomic mass is 9.85. The number of benzene rings is 2. The third-order valence-electron chi connectivity index (χ3n) is 4.32. The molecule has 0 saturated heterocycles. The topological polar surface area (TPSA) is 47.6 Å². The molecule has 0 heterocycles. The van der Waals surface area contributed by atoms with Crippen molar-refractivity contribution in [2.24, 2.45) is 5.92 Å². The van der Waals surface area contributed by atoms with Gasteiger partial charge >= 0.3 is 12.5 Å². The third kappa shape index (κ3) is 6.54. The van der Waals surface area contributed by atoms with Crippen molar-refractivity contribution in [1.82, 2.24) is 5.32 Å². The van der Waals surface area contributed by atoms with Crippen LogP contribution in [0.2, 0.25) is 0 Å². The normalized spacial score (nSPS) is 17.7. The number of carbonyl (C=O) groups excluding carboxylic acids is 1. The van der Waals surface area contributed by atoms with Crippen molar-refractivity contribution in [2.75, 3.05) is 0 Å². The standard InChI is InChI=1S/C24H22F3NO3/c1-23(2,3)31-22(29)28-21-18(13-12-17-6-4-5-7-20(17)21)11-8-16-9-14-19(15-10-16)30-24(25,26)27/h4-7,9-10,12-15,18,21H,1-3H3,(H,28,29)/t18-,21-/m1/s1. The molecule has 2 aromatic carbocycles. The molecule has 1 aliphatic carbocycles. The maximum Gasteiger partial charge on any atom is 0.573 e. The van der Waals surface area contributed by atoms with Crippen LogP contribution >= 0.6 is 0 Å². The Balaban J connectivity index is 1.82. The van der Waals surface area contributed by atoms with Crippen LogP contribution in [-0.2, 0) is 4.74 Å². The highest BCUT2D eigenvalue weighted by molar-refractivity contribution is 5.70. The van der Waals surface area contributed by atoms with E-state index in [0.29, 0.717) is 5.56 Å². The van der Waals surface area contributed by atoms with Crippen molar-refractivity contribution in [3.05, 3.63) is 71.3 Å². The van der Waals surface area contributed by atoms with Crippen LogP contribution in [0.25, 0.3) is 6.08 Å². The lowest BCUT2D eigenvalue weighted by Gasteiger charge is -2.29. The SMILES string of the molecule is CC(C)(C)OC(=O)N[C@H]1c2ccccc2C=C[C@H]1C#Cc1ccc(OC(F)(F)F)cc1. The number of hydrogen-bond acceptors (Lipinski definition) is 3. The summed E-state index contributed by atoms with van der Waals surface area (Å²) in [7, 11) is 0. The second-order valence-electron chi connectivity index (χ2n) is 7.98. The molecule has 31 heavy (non-hydrogen) atoms. The summed E-state index contributed by atoms with van der Waals surface area (Å²) in [6, 6.07) is 12.5. The number of fused-ring (bicyclic) bond motifs is 1. The van der Waals surface area contributed by atoms with Crippen LogP contribution < -0.4 is 10.1 Å². The monoisotopic (exact) mass is 429 g/mol. The molecule has 0 spiro atoms. The minimum Gasteiger partial charge on any atom is -0.444 e. The number of alkyl carbamates (subject to hydrolysis) is 1. The van der Waals surface area contributed by atoms with Crippen molar-refractivity contribution in [3.8, 4) is 17.6 Å². The Kier molecular flexibility index (Phi) is 6.30. The third-order valence-corrected chi connectivity index (χ3v) is 4.32. The van der Waals surface area contributed by atoms with E-state index in [0.717, 1.165) is 11.1 Å². The van der Waals surface area contributed by atoms with Crippen LogP contribution in [0.3, 0.4) is 0 Å². The fourth-order valence-electron chi connectivity index (χ4n) is 3.10. The Hall–Kier alpha value is -3.40. The van der Waals surface area contributed by atoms with Gasteiger partial charge in [-0.1, -0.05) is 48.3 Å². The minimum atomic E-state index is -4.74. The maximum atomic E-state index is 12.4. The highest BCUT2D eigenvalue weighted by Gasteiger charge is 2.31. The zero-order valence-electron chi connectivity index (χ0n) is 17.3. The lowest BCUT2D eigenvalue weighted by molar-refractivity contribution is -0.274. The van der Waals surface area contributed by atoms with Gasteiger partial charge < -0.3 is 14.8 Å². The van der Waals surface area contributed by atoms with Crippen LogP contribution in [0.4, 0.5) is 18.0 Å². The number of rotatable bonds is 2. The van der Waals surface area contributed by atoms with Crippen LogP contribution in [0.1, 0.15) is 43.5 Å². The van der Waals surface area contributed by atoms with E-state index in [9.17, 15) is 18.0 Å². The van der Waals surface area contributed by atoms with E-state index >= 15 is 0 Å². The first-order valence-corrected chi connectivity index (χ1v) is 9.64. The molecule has 1 amide bonds. The fraction of sp³-hybridized carbons (Fsp3) is 0.292. The molecule has 162 valence electrons. The number of ether oxygens (including phenoxy) is 2. The average molecular weight is 429 g/mol. The predicted octanol–water partition coefficient (Wildman–Crippen LogP) is 5.85. The Labute approximate surface area is 179 Å². The van der Waals surface area contributed by atoms with Crippen LogP contribution in [0.5, 0.6) is 5.75 Å². The summed E-state index contributed by atoms with van der Waals surface area (Å²) >= 11 is 0. The molecule has 0 saturated carbocycles. The van der Waals surface area contributed by atoms with Gasteiger partial charge in [0.1, 0.15) is 11.4 Å². The van der Waals surface area contributed by atoms with Gasteiger partial charge in [-0.15, -0.1) is 13.2 Å². The molecule has 1 N–H and O–H groups in total.